The second-order valence-corrected chi connectivity index (χ2v) is 7.68. The Kier molecular flexibility index (Phi) is 6.55. The van der Waals surface area contributed by atoms with E-state index in [0.717, 1.165) is 11.1 Å². The van der Waals surface area contributed by atoms with Gasteiger partial charge >= 0.3 is 7.60 Å². The maximum Gasteiger partial charge on any atom is 0.346 e. The lowest BCUT2D eigenvalue weighted by molar-refractivity contribution is 0.255. The number of hydrogen-bond acceptors (Lipinski definition) is 4. The molecule has 124 valence electrons. The van der Waals surface area contributed by atoms with E-state index in [1.165, 1.54) is 14.2 Å². The highest BCUT2D eigenvalue weighted by Crippen LogP contribution is 2.52. The van der Waals surface area contributed by atoms with Crippen LogP contribution in [0.1, 0.15) is 30.5 Å². The lowest BCUT2D eigenvalue weighted by Gasteiger charge is -2.29. The molecule has 2 rings (SSSR count). The van der Waals surface area contributed by atoms with Gasteiger partial charge in [0.05, 0.1) is 6.04 Å². The molecule has 0 aliphatic rings. The predicted molar refractivity (Wildman–Crippen MR) is 93.6 cm³/mol. The van der Waals surface area contributed by atoms with Crippen LogP contribution >= 0.6 is 7.60 Å². The van der Waals surface area contributed by atoms with E-state index in [4.69, 9.17) is 9.05 Å². The van der Waals surface area contributed by atoms with E-state index in [1.54, 1.807) is 0 Å². The molecule has 0 aliphatic heterocycles. The molecule has 1 atom stereocenters. The third kappa shape index (κ3) is 4.30. The van der Waals surface area contributed by atoms with Gasteiger partial charge in [0.15, 0.2) is 0 Å². The summed E-state index contributed by atoms with van der Waals surface area (Å²) in [4.78, 5) is 0. The van der Waals surface area contributed by atoms with E-state index in [0.29, 0.717) is 6.42 Å². The van der Waals surface area contributed by atoms with Crippen molar-refractivity contribution in [2.24, 2.45) is 0 Å². The fraction of sp³-hybridized carbons (Fsp3) is 0.333. The standard InChI is InChI=1S/C18H24NO3P/c1-4-17(23(20,21-2)22-3)19-18(15-11-7-5-8-12-15)16-13-9-6-10-14-16/h5-14,17-19H,4H2,1-3H3. The first kappa shape index (κ1) is 17.9. The summed E-state index contributed by atoms with van der Waals surface area (Å²) in [7, 11) is -0.347. The zero-order chi connectivity index (χ0) is 16.7. The molecule has 5 heteroatoms. The van der Waals surface area contributed by atoms with Crippen LogP contribution in [0.2, 0.25) is 0 Å². The van der Waals surface area contributed by atoms with Crippen molar-refractivity contribution in [3.8, 4) is 0 Å². The molecule has 0 aromatic heterocycles. The van der Waals surface area contributed by atoms with Crippen molar-refractivity contribution in [3.63, 3.8) is 0 Å². The van der Waals surface area contributed by atoms with Crippen LogP contribution in [0.15, 0.2) is 60.7 Å². The number of nitrogens with one attached hydrogen (secondary N) is 1. The van der Waals surface area contributed by atoms with Gasteiger partial charge in [-0.1, -0.05) is 67.6 Å². The Morgan fingerprint density at radius 3 is 1.70 bits per heavy atom. The lowest BCUT2D eigenvalue weighted by Crippen LogP contribution is -2.33. The molecular formula is C18H24NO3P. The SMILES string of the molecule is CCC(NC(c1ccccc1)c1ccccc1)P(=O)(OC)OC. The highest BCUT2D eigenvalue weighted by molar-refractivity contribution is 7.54. The summed E-state index contributed by atoms with van der Waals surface area (Å²) in [5.41, 5.74) is 2.21. The molecule has 0 spiro atoms. The molecule has 2 aromatic rings. The molecule has 0 aliphatic carbocycles. The fourth-order valence-corrected chi connectivity index (χ4v) is 4.07. The molecule has 0 heterocycles. The molecule has 0 saturated carbocycles. The molecule has 1 N–H and O–H groups in total. The van der Waals surface area contributed by atoms with Crippen LogP contribution in [-0.4, -0.2) is 20.0 Å². The highest BCUT2D eigenvalue weighted by Gasteiger charge is 2.34. The molecule has 1 unspecified atom stereocenters. The van der Waals surface area contributed by atoms with Crippen LogP contribution in [0.4, 0.5) is 0 Å². The van der Waals surface area contributed by atoms with Gasteiger partial charge in [-0.05, 0) is 17.5 Å². The zero-order valence-corrected chi connectivity index (χ0v) is 14.7. The van der Waals surface area contributed by atoms with Gasteiger partial charge in [-0.15, -0.1) is 0 Å². The van der Waals surface area contributed by atoms with Crippen molar-refractivity contribution in [1.29, 1.82) is 0 Å². The average Bonchev–Trinajstić information content (AvgIpc) is 2.63. The van der Waals surface area contributed by atoms with E-state index in [2.05, 4.69) is 29.6 Å². The molecule has 0 saturated heterocycles. The maximum absolute atomic E-state index is 12.8. The molecular weight excluding hydrogens is 309 g/mol. The second-order valence-electron chi connectivity index (χ2n) is 5.25. The summed E-state index contributed by atoms with van der Waals surface area (Å²) in [5.74, 6) is -0.386. The van der Waals surface area contributed by atoms with Gasteiger partial charge in [0.2, 0.25) is 0 Å². The van der Waals surface area contributed by atoms with Crippen molar-refractivity contribution in [2.75, 3.05) is 14.2 Å². The average molecular weight is 333 g/mol. The van der Waals surface area contributed by atoms with Gasteiger partial charge in [0.1, 0.15) is 5.78 Å². The smallest absolute Gasteiger partial charge is 0.311 e. The monoisotopic (exact) mass is 333 g/mol. The third-order valence-electron chi connectivity index (χ3n) is 3.90. The Hall–Kier alpha value is -1.45. The summed E-state index contributed by atoms with van der Waals surface area (Å²) >= 11 is 0. The lowest BCUT2D eigenvalue weighted by atomic mass is 9.99. The van der Waals surface area contributed by atoms with Gasteiger partial charge in [-0.25, -0.2) is 0 Å². The highest BCUT2D eigenvalue weighted by atomic mass is 31.2. The summed E-state index contributed by atoms with van der Waals surface area (Å²) < 4.78 is 23.1. The third-order valence-corrected chi connectivity index (χ3v) is 6.20. The minimum Gasteiger partial charge on any atom is -0.311 e. The zero-order valence-electron chi connectivity index (χ0n) is 13.8. The Morgan fingerprint density at radius 2 is 1.35 bits per heavy atom. The van der Waals surface area contributed by atoms with Crippen LogP contribution in [0.3, 0.4) is 0 Å². The van der Waals surface area contributed by atoms with Crippen LogP contribution in [0.25, 0.3) is 0 Å². The largest absolute Gasteiger partial charge is 0.346 e. The van der Waals surface area contributed by atoms with Gasteiger partial charge in [0, 0.05) is 14.2 Å². The van der Waals surface area contributed by atoms with Crippen molar-refractivity contribution in [3.05, 3.63) is 71.8 Å². The summed E-state index contributed by atoms with van der Waals surface area (Å²) in [6, 6.07) is 20.1. The van der Waals surface area contributed by atoms with Crippen molar-refractivity contribution in [2.45, 2.75) is 25.2 Å². The molecule has 0 radical (unpaired) electrons. The Labute approximate surface area is 138 Å². The Balaban J connectivity index is 2.37. The minimum atomic E-state index is -3.20. The van der Waals surface area contributed by atoms with Crippen LogP contribution in [0, 0.1) is 0 Å². The van der Waals surface area contributed by atoms with E-state index in [1.807, 2.05) is 43.3 Å². The van der Waals surface area contributed by atoms with Crippen LogP contribution in [-0.2, 0) is 13.6 Å². The summed E-state index contributed by atoms with van der Waals surface area (Å²) in [5, 5.41) is 3.47. The molecule has 2 aromatic carbocycles. The first-order valence-corrected chi connectivity index (χ1v) is 9.33. The fourth-order valence-electron chi connectivity index (χ4n) is 2.63. The van der Waals surface area contributed by atoms with Crippen LogP contribution in [0.5, 0.6) is 0 Å². The first-order valence-electron chi connectivity index (χ1n) is 7.71. The van der Waals surface area contributed by atoms with Gasteiger partial charge < -0.3 is 9.05 Å². The van der Waals surface area contributed by atoms with Gasteiger partial charge in [-0.2, -0.15) is 0 Å². The van der Waals surface area contributed by atoms with Gasteiger partial charge in [0.25, 0.3) is 0 Å². The van der Waals surface area contributed by atoms with E-state index in [-0.39, 0.29) is 11.8 Å². The predicted octanol–water partition coefficient (Wildman–Crippen LogP) is 4.59. The van der Waals surface area contributed by atoms with Crippen molar-refractivity contribution >= 4 is 7.60 Å². The van der Waals surface area contributed by atoms with Crippen LogP contribution < -0.4 is 5.32 Å². The van der Waals surface area contributed by atoms with Crippen molar-refractivity contribution in [1.82, 2.24) is 5.32 Å². The molecule has 0 bridgehead atoms. The number of rotatable bonds is 8. The van der Waals surface area contributed by atoms with E-state index in [9.17, 15) is 4.57 Å². The van der Waals surface area contributed by atoms with Crippen molar-refractivity contribution < 1.29 is 13.6 Å². The van der Waals surface area contributed by atoms with Gasteiger partial charge in [-0.3, -0.25) is 9.88 Å². The summed E-state index contributed by atoms with van der Waals surface area (Å²) in [6.07, 6.45) is 0.634. The molecule has 23 heavy (non-hydrogen) atoms. The number of hydrogen-bond donors (Lipinski definition) is 1. The number of benzene rings is 2. The maximum atomic E-state index is 12.8. The molecule has 0 amide bonds. The quantitative estimate of drug-likeness (QED) is 0.718. The second kappa shape index (κ2) is 8.42. The summed E-state index contributed by atoms with van der Waals surface area (Å²) in [6.45, 7) is 1.97. The van der Waals surface area contributed by atoms with E-state index < -0.39 is 7.60 Å². The molecule has 4 nitrogen and oxygen atoms in total. The topological polar surface area (TPSA) is 47.6 Å². The minimum absolute atomic E-state index is 0.0824. The first-order chi connectivity index (χ1) is 11.1. The van der Waals surface area contributed by atoms with E-state index >= 15 is 0 Å². The Morgan fingerprint density at radius 1 is 0.913 bits per heavy atom. The Bertz CT molecular complexity index is 586. The normalized spacial score (nSPS) is 13.2. The molecule has 0 fully saturated rings.